The molecule has 2 amide bonds. The largest absolute Gasteiger partial charge is 0.405 e. The van der Waals surface area contributed by atoms with Gasteiger partial charge in [-0.25, -0.2) is 9.78 Å². The zero-order valence-corrected chi connectivity index (χ0v) is 19.3. The number of nitrogens with one attached hydrogen (secondary N) is 3. The summed E-state index contributed by atoms with van der Waals surface area (Å²) in [5, 5.41) is 4.21. The lowest BCUT2D eigenvalue weighted by atomic mass is 10.1. The fourth-order valence-corrected chi connectivity index (χ4v) is 4.03. The van der Waals surface area contributed by atoms with Gasteiger partial charge in [0.2, 0.25) is 0 Å². The summed E-state index contributed by atoms with van der Waals surface area (Å²) in [6, 6.07) is 9.84. The average molecular weight is 491 g/mol. The number of fused-ring (bicyclic) bond motifs is 1. The van der Waals surface area contributed by atoms with Gasteiger partial charge < -0.3 is 20.4 Å². The van der Waals surface area contributed by atoms with Gasteiger partial charge in [-0.2, -0.15) is 18.7 Å². The van der Waals surface area contributed by atoms with E-state index >= 15 is 0 Å². The van der Waals surface area contributed by atoms with E-state index in [1.807, 2.05) is 28.8 Å². The van der Waals surface area contributed by atoms with E-state index in [1.165, 1.54) is 25.9 Å². The molecular weight excluding hydrogens is 461 g/mol. The molecular formula is C24H29F3N6O2. The first-order valence-electron chi connectivity index (χ1n) is 11.6. The Hall–Kier alpha value is -3.15. The standard InChI is InChI=1S/C24H29F3N6O2/c25-24(26,27)17-29-23(34)31-20-6-3-5-19(14-20)21-16-28-22-13-18(7-11-33(21)22)15-30-35-12-4-10-32-8-1-2-9-32/h3,5-7,11,13-14,16,30H,1-2,4,8-10,12,15,17H2,(H2,29,31,34). The summed E-state index contributed by atoms with van der Waals surface area (Å²) < 4.78 is 38.8. The smallest absolute Gasteiger partial charge is 0.329 e. The summed E-state index contributed by atoms with van der Waals surface area (Å²) >= 11 is 0. The molecule has 2 aromatic heterocycles. The summed E-state index contributed by atoms with van der Waals surface area (Å²) in [6.45, 7) is 3.27. The van der Waals surface area contributed by atoms with Crippen LogP contribution in [0.2, 0.25) is 0 Å². The number of alkyl halides is 3. The maximum atomic E-state index is 12.3. The Kier molecular flexibility index (Phi) is 8.21. The topological polar surface area (TPSA) is 82.9 Å². The summed E-state index contributed by atoms with van der Waals surface area (Å²) in [5.74, 6) is 0. The monoisotopic (exact) mass is 490 g/mol. The van der Waals surface area contributed by atoms with E-state index in [0.717, 1.165) is 35.4 Å². The maximum Gasteiger partial charge on any atom is 0.405 e. The molecule has 4 rings (SSSR count). The van der Waals surface area contributed by atoms with Gasteiger partial charge in [0.1, 0.15) is 12.2 Å². The van der Waals surface area contributed by atoms with Crippen molar-refractivity contribution >= 4 is 17.4 Å². The normalized spacial score (nSPS) is 14.5. The fourth-order valence-electron chi connectivity index (χ4n) is 4.03. The lowest BCUT2D eigenvalue weighted by molar-refractivity contribution is -0.122. The Labute approximate surface area is 201 Å². The number of rotatable bonds is 10. The minimum absolute atomic E-state index is 0.375. The Balaban J connectivity index is 1.30. The molecule has 3 N–H and O–H groups in total. The third-order valence-corrected chi connectivity index (χ3v) is 5.74. The quantitative estimate of drug-likeness (QED) is 0.293. The van der Waals surface area contributed by atoms with Gasteiger partial charge in [0, 0.05) is 30.5 Å². The van der Waals surface area contributed by atoms with Crippen molar-refractivity contribution in [2.75, 3.05) is 38.1 Å². The summed E-state index contributed by atoms with van der Waals surface area (Å²) in [7, 11) is 0. The number of carbonyl (C=O) groups is 1. The Morgan fingerprint density at radius 2 is 1.97 bits per heavy atom. The number of carbonyl (C=O) groups excluding carboxylic acids is 1. The van der Waals surface area contributed by atoms with Crippen LogP contribution in [0.5, 0.6) is 0 Å². The molecule has 35 heavy (non-hydrogen) atoms. The molecule has 1 fully saturated rings. The van der Waals surface area contributed by atoms with Crippen molar-refractivity contribution in [2.24, 2.45) is 0 Å². The Morgan fingerprint density at radius 3 is 2.77 bits per heavy atom. The van der Waals surface area contributed by atoms with Gasteiger partial charge in [0.25, 0.3) is 0 Å². The van der Waals surface area contributed by atoms with Gasteiger partial charge in [0.15, 0.2) is 0 Å². The molecule has 3 aromatic rings. The highest BCUT2D eigenvalue weighted by molar-refractivity contribution is 5.90. The molecule has 0 spiro atoms. The van der Waals surface area contributed by atoms with E-state index in [9.17, 15) is 18.0 Å². The number of nitrogens with zero attached hydrogens (tertiary/aromatic N) is 3. The second-order valence-corrected chi connectivity index (χ2v) is 8.48. The number of benzene rings is 1. The molecule has 0 bridgehead atoms. The molecule has 1 aliphatic heterocycles. The first-order chi connectivity index (χ1) is 16.9. The van der Waals surface area contributed by atoms with Gasteiger partial charge in [-0.05, 0) is 62.2 Å². The number of halogens is 3. The second kappa shape index (κ2) is 11.5. The minimum Gasteiger partial charge on any atom is -0.329 e. The maximum absolute atomic E-state index is 12.3. The van der Waals surface area contributed by atoms with Crippen LogP contribution in [-0.4, -0.2) is 59.3 Å². The van der Waals surface area contributed by atoms with Crippen LogP contribution in [0.3, 0.4) is 0 Å². The number of hydrogen-bond acceptors (Lipinski definition) is 5. The van der Waals surface area contributed by atoms with Crippen molar-refractivity contribution in [2.45, 2.75) is 32.0 Å². The molecule has 8 nitrogen and oxygen atoms in total. The highest BCUT2D eigenvalue weighted by atomic mass is 19.4. The van der Waals surface area contributed by atoms with E-state index in [4.69, 9.17) is 4.84 Å². The number of amides is 2. The molecule has 0 radical (unpaired) electrons. The van der Waals surface area contributed by atoms with Crippen LogP contribution >= 0.6 is 0 Å². The number of pyridine rings is 1. The molecule has 0 saturated carbocycles. The van der Waals surface area contributed by atoms with E-state index in [2.05, 4.69) is 20.7 Å². The van der Waals surface area contributed by atoms with Crippen LogP contribution in [0.1, 0.15) is 24.8 Å². The van der Waals surface area contributed by atoms with Crippen molar-refractivity contribution in [3.05, 3.63) is 54.4 Å². The van der Waals surface area contributed by atoms with E-state index in [-0.39, 0.29) is 0 Å². The fraction of sp³-hybridized carbons (Fsp3) is 0.417. The summed E-state index contributed by atoms with van der Waals surface area (Å²) in [5.41, 5.74) is 6.69. The summed E-state index contributed by atoms with van der Waals surface area (Å²) in [4.78, 5) is 24.2. The molecule has 1 saturated heterocycles. The molecule has 1 aliphatic rings. The molecule has 188 valence electrons. The number of likely N-dealkylation sites (tertiary alicyclic amines) is 1. The SMILES string of the molecule is O=C(NCC(F)(F)F)Nc1cccc(-c2cnc3cc(CNOCCCN4CCCC4)ccn23)c1. The van der Waals surface area contributed by atoms with Crippen molar-refractivity contribution in [1.29, 1.82) is 0 Å². The van der Waals surface area contributed by atoms with Gasteiger partial charge in [0.05, 0.1) is 18.5 Å². The van der Waals surface area contributed by atoms with E-state index in [0.29, 0.717) is 18.8 Å². The number of anilines is 1. The first kappa shape index (κ1) is 25.0. The molecule has 3 heterocycles. The van der Waals surface area contributed by atoms with Crippen molar-refractivity contribution in [3.63, 3.8) is 0 Å². The zero-order valence-electron chi connectivity index (χ0n) is 19.3. The van der Waals surface area contributed by atoms with Gasteiger partial charge in [-0.3, -0.25) is 4.40 Å². The number of urea groups is 1. The van der Waals surface area contributed by atoms with Crippen molar-refractivity contribution < 1.29 is 22.8 Å². The van der Waals surface area contributed by atoms with Crippen LogP contribution in [0.15, 0.2) is 48.8 Å². The average Bonchev–Trinajstić information content (AvgIpc) is 3.49. The molecule has 11 heteroatoms. The van der Waals surface area contributed by atoms with Crippen LogP contribution in [0.4, 0.5) is 23.7 Å². The van der Waals surface area contributed by atoms with Crippen molar-refractivity contribution in [1.82, 2.24) is 25.1 Å². The highest BCUT2D eigenvalue weighted by Crippen LogP contribution is 2.24. The Bertz CT molecular complexity index is 1130. The third-order valence-electron chi connectivity index (χ3n) is 5.74. The molecule has 1 aromatic carbocycles. The first-order valence-corrected chi connectivity index (χ1v) is 11.6. The molecule has 0 aliphatic carbocycles. The molecule has 0 atom stereocenters. The number of aromatic nitrogens is 2. The van der Waals surface area contributed by atoms with E-state index < -0.39 is 18.8 Å². The predicted molar refractivity (Wildman–Crippen MR) is 127 cm³/mol. The van der Waals surface area contributed by atoms with Crippen molar-refractivity contribution in [3.8, 4) is 11.3 Å². The van der Waals surface area contributed by atoms with Gasteiger partial charge in [-0.15, -0.1) is 0 Å². The number of hydrogen-bond donors (Lipinski definition) is 3. The van der Waals surface area contributed by atoms with Crippen LogP contribution in [-0.2, 0) is 11.4 Å². The van der Waals surface area contributed by atoms with Crippen LogP contribution in [0.25, 0.3) is 16.9 Å². The second-order valence-electron chi connectivity index (χ2n) is 8.48. The third kappa shape index (κ3) is 7.41. The Morgan fingerprint density at radius 1 is 1.14 bits per heavy atom. The molecule has 0 unspecified atom stereocenters. The van der Waals surface area contributed by atoms with E-state index in [1.54, 1.807) is 29.7 Å². The number of imidazole rings is 1. The van der Waals surface area contributed by atoms with Gasteiger partial charge in [-0.1, -0.05) is 12.1 Å². The lowest BCUT2D eigenvalue weighted by Gasteiger charge is -2.14. The summed E-state index contributed by atoms with van der Waals surface area (Å²) in [6.07, 6.45) is 2.73. The van der Waals surface area contributed by atoms with Crippen LogP contribution in [0, 0.1) is 0 Å². The highest BCUT2D eigenvalue weighted by Gasteiger charge is 2.27. The zero-order chi connectivity index (χ0) is 24.7. The predicted octanol–water partition coefficient (Wildman–Crippen LogP) is 4.19. The minimum atomic E-state index is -4.47. The number of hydroxylamine groups is 1. The van der Waals surface area contributed by atoms with Crippen LogP contribution < -0.4 is 16.1 Å². The lowest BCUT2D eigenvalue weighted by Crippen LogP contribution is -2.36. The van der Waals surface area contributed by atoms with Gasteiger partial charge >= 0.3 is 12.2 Å².